The largest absolute Gasteiger partial charge is 0.444 e. The van der Waals surface area contributed by atoms with Crippen LogP contribution in [-0.2, 0) is 11.2 Å². The quantitative estimate of drug-likeness (QED) is 0.382. The monoisotopic (exact) mass is 406 g/mol. The van der Waals surface area contributed by atoms with Crippen molar-refractivity contribution >= 4 is 12.1 Å². The molecular weight excluding hydrogens is 371 g/mol. The van der Waals surface area contributed by atoms with Crippen molar-refractivity contribution in [2.24, 2.45) is 4.99 Å². The van der Waals surface area contributed by atoms with Crippen molar-refractivity contribution < 1.29 is 13.9 Å². The third kappa shape index (κ3) is 9.15. The number of aliphatic imine (C=N–C) groups is 1. The van der Waals surface area contributed by atoms with Crippen LogP contribution in [0.25, 0.3) is 0 Å². The number of carbonyl (C=O) groups is 1. The van der Waals surface area contributed by atoms with Gasteiger partial charge in [-0.1, -0.05) is 12.1 Å². The predicted octanol–water partition coefficient (Wildman–Crippen LogP) is 3.76. The zero-order valence-electron chi connectivity index (χ0n) is 18.1. The molecule has 3 N–H and O–H groups in total. The van der Waals surface area contributed by atoms with E-state index in [1.807, 2.05) is 26.8 Å². The van der Waals surface area contributed by atoms with Crippen LogP contribution in [0.1, 0.15) is 58.4 Å². The Bertz CT molecular complexity index is 680. The molecule has 1 aliphatic carbocycles. The number of carbonyl (C=O) groups excluding carboxylic acids is 1. The van der Waals surface area contributed by atoms with Crippen LogP contribution >= 0.6 is 0 Å². The van der Waals surface area contributed by atoms with E-state index >= 15 is 0 Å². The second-order valence-electron chi connectivity index (χ2n) is 8.57. The third-order valence-corrected chi connectivity index (χ3v) is 4.84. The van der Waals surface area contributed by atoms with Crippen molar-refractivity contribution in [2.75, 3.05) is 13.6 Å². The molecule has 0 radical (unpaired) electrons. The number of nitrogens with zero attached hydrogens (tertiary/aromatic N) is 1. The van der Waals surface area contributed by atoms with Gasteiger partial charge < -0.3 is 20.7 Å². The van der Waals surface area contributed by atoms with Crippen molar-refractivity contribution in [3.05, 3.63) is 35.6 Å². The minimum Gasteiger partial charge on any atom is -0.444 e. The molecule has 0 spiro atoms. The van der Waals surface area contributed by atoms with Crippen LogP contribution in [0.15, 0.2) is 29.3 Å². The number of amides is 1. The molecule has 29 heavy (non-hydrogen) atoms. The van der Waals surface area contributed by atoms with Gasteiger partial charge in [-0.2, -0.15) is 0 Å². The van der Waals surface area contributed by atoms with E-state index in [-0.39, 0.29) is 18.0 Å². The lowest BCUT2D eigenvalue weighted by Crippen LogP contribution is -2.48. The first-order valence-corrected chi connectivity index (χ1v) is 10.5. The van der Waals surface area contributed by atoms with Gasteiger partial charge in [0.1, 0.15) is 11.4 Å². The first kappa shape index (κ1) is 23.0. The molecule has 0 saturated heterocycles. The molecule has 0 unspecified atom stereocenters. The summed E-state index contributed by atoms with van der Waals surface area (Å²) in [4.78, 5) is 16.2. The molecule has 0 aromatic heterocycles. The third-order valence-electron chi connectivity index (χ3n) is 4.84. The van der Waals surface area contributed by atoms with Crippen molar-refractivity contribution in [3.8, 4) is 0 Å². The van der Waals surface area contributed by atoms with E-state index in [4.69, 9.17) is 4.74 Å². The molecule has 1 saturated carbocycles. The molecule has 7 heteroatoms. The van der Waals surface area contributed by atoms with Crippen LogP contribution in [0, 0.1) is 5.82 Å². The van der Waals surface area contributed by atoms with Gasteiger partial charge in [-0.15, -0.1) is 0 Å². The van der Waals surface area contributed by atoms with Crippen molar-refractivity contribution in [3.63, 3.8) is 0 Å². The Labute approximate surface area is 173 Å². The Hall–Kier alpha value is -2.31. The number of alkyl carbamates (subject to hydrolysis) is 1. The zero-order chi connectivity index (χ0) is 21.3. The number of nitrogens with one attached hydrogen (secondary N) is 3. The van der Waals surface area contributed by atoms with E-state index in [1.54, 1.807) is 19.2 Å². The van der Waals surface area contributed by atoms with Crippen molar-refractivity contribution in [2.45, 2.75) is 77.0 Å². The average molecular weight is 407 g/mol. The average Bonchev–Trinajstić information content (AvgIpc) is 2.64. The highest BCUT2D eigenvalue weighted by Gasteiger charge is 2.25. The lowest BCUT2D eigenvalue weighted by atomic mass is 9.91. The number of benzene rings is 1. The Morgan fingerprint density at radius 3 is 2.41 bits per heavy atom. The maximum Gasteiger partial charge on any atom is 0.407 e. The maximum atomic E-state index is 13.2. The SMILES string of the molecule is CN=C(NCCCc1cccc(F)c1)NC1CCC(NC(=O)OC(C)(C)C)CC1. The van der Waals surface area contributed by atoms with Gasteiger partial charge in [-0.25, -0.2) is 9.18 Å². The van der Waals surface area contributed by atoms with Gasteiger partial charge >= 0.3 is 6.09 Å². The summed E-state index contributed by atoms with van der Waals surface area (Å²) in [7, 11) is 1.76. The van der Waals surface area contributed by atoms with Gasteiger partial charge in [0.2, 0.25) is 0 Å². The van der Waals surface area contributed by atoms with E-state index in [9.17, 15) is 9.18 Å². The van der Waals surface area contributed by atoms with Crippen LogP contribution in [-0.4, -0.2) is 43.3 Å². The van der Waals surface area contributed by atoms with E-state index < -0.39 is 5.60 Å². The number of rotatable bonds is 6. The summed E-state index contributed by atoms with van der Waals surface area (Å²) in [6, 6.07) is 7.22. The summed E-state index contributed by atoms with van der Waals surface area (Å²) in [6.07, 6.45) is 5.13. The van der Waals surface area contributed by atoms with Gasteiger partial charge in [0.25, 0.3) is 0 Å². The van der Waals surface area contributed by atoms with E-state index in [0.29, 0.717) is 6.04 Å². The summed E-state index contributed by atoms with van der Waals surface area (Å²) in [6.45, 7) is 6.37. The molecule has 0 bridgehead atoms. The summed E-state index contributed by atoms with van der Waals surface area (Å²) in [5, 5.41) is 9.75. The first-order chi connectivity index (χ1) is 13.7. The Morgan fingerprint density at radius 1 is 1.17 bits per heavy atom. The van der Waals surface area contributed by atoms with E-state index in [0.717, 1.165) is 56.6 Å². The molecule has 0 atom stereocenters. The Balaban J connectivity index is 1.64. The molecule has 0 aliphatic heterocycles. The molecule has 162 valence electrons. The number of hydrogen-bond acceptors (Lipinski definition) is 3. The van der Waals surface area contributed by atoms with Crippen LogP contribution < -0.4 is 16.0 Å². The first-order valence-electron chi connectivity index (χ1n) is 10.5. The molecule has 1 aromatic carbocycles. The van der Waals surface area contributed by atoms with E-state index in [2.05, 4.69) is 20.9 Å². The van der Waals surface area contributed by atoms with Crippen LogP contribution in [0.4, 0.5) is 9.18 Å². The minimum absolute atomic E-state index is 0.157. The molecule has 6 nitrogen and oxygen atoms in total. The number of aryl methyl sites for hydroxylation is 1. The Kier molecular flexibility index (Phi) is 8.73. The fourth-order valence-corrected chi connectivity index (χ4v) is 3.44. The molecular formula is C22H35FN4O2. The topological polar surface area (TPSA) is 74.8 Å². The van der Waals surface area contributed by atoms with E-state index in [1.165, 1.54) is 6.07 Å². The molecule has 0 heterocycles. The fourth-order valence-electron chi connectivity index (χ4n) is 3.44. The molecule has 1 aromatic rings. The second kappa shape index (κ2) is 11.0. The minimum atomic E-state index is -0.477. The number of ether oxygens (including phenoxy) is 1. The number of hydrogen-bond donors (Lipinski definition) is 3. The lowest BCUT2D eigenvalue weighted by molar-refractivity contribution is 0.0490. The standard InChI is InChI=1S/C22H35FN4O2/c1-22(2,3)29-21(28)27-19-12-10-18(11-13-19)26-20(24-4)25-14-6-8-16-7-5-9-17(23)15-16/h5,7,9,15,18-19H,6,8,10-14H2,1-4H3,(H,27,28)(H2,24,25,26). The summed E-state index contributed by atoms with van der Waals surface area (Å²) in [5.74, 6) is 0.595. The van der Waals surface area contributed by atoms with Crippen LogP contribution in [0.5, 0.6) is 0 Å². The lowest BCUT2D eigenvalue weighted by Gasteiger charge is -2.31. The Morgan fingerprint density at radius 2 is 1.83 bits per heavy atom. The summed E-state index contributed by atoms with van der Waals surface area (Å²) >= 11 is 0. The second-order valence-corrected chi connectivity index (χ2v) is 8.57. The fraction of sp³-hybridized carbons (Fsp3) is 0.636. The van der Waals surface area contributed by atoms with Crippen molar-refractivity contribution in [1.82, 2.24) is 16.0 Å². The van der Waals surface area contributed by atoms with Gasteiger partial charge in [0, 0.05) is 25.7 Å². The summed E-state index contributed by atoms with van der Waals surface area (Å²) in [5.41, 5.74) is 0.529. The van der Waals surface area contributed by atoms with Gasteiger partial charge in [0.05, 0.1) is 0 Å². The predicted molar refractivity (Wildman–Crippen MR) is 115 cm³/mol. The smallest absolute Gasteiger partial charge is 0.407 e. The van der Waals surface area contributed by atoms with Gasteiger partial charge in [0.15, 0.2) is 5.96 Å². The molecule has 2 rings (SSSR count). The normalized spacial score (nSPS) is 20.1. The van der Waals surface area contributed by atoms with Crippen LogP contribution in [0.2, 0.25) is 0 Å². The number of guanidine groups is 1. The zero-order valence-corrected chi connectivity index (χ0v) is 18.1. The molecule has 1 fully saturated rings. The van der Waals surface area contributed by atoms with Crippen LogP contribution in [0.3, 0.4) is 0 Å². The number of halogens is 1. The van der Waals surface area contributed by atoms with Crippen molar-refractivity contribution in [1.29, 1.82) is 0 Å². The summed E-state index contributed by atoms with van der Waals surface area (Å²) < 4.78 is 18.5. The highest BCUT2D eigenvalue weighted by molar-refractivity contribution is 5.79. The maximum absolute atomic E-state index is 13.2. The molecule has 1 amide bonds. The molecule has 1 aliphatic rings. The highest BCUT2D eigenvalue weighted by atomic mass is 19.1. The highest BCUT2D eigenvalue weighted by Crippen LogP contribution is 2.19. The van der Waals surface area contributed by atoms with Gasteiger partial charge in [-0.05, 0) is 77.0 Å². The van der Waals surface area contributed by atoms with Gasteiger partial charge in [-0.3, -0.25) is 4.99 Å².